The van der Waals surface area contributed by atoms with Gasteiger partial charge in [0.15, 0.2) is 0 Å². The van der Waals surface area contributed by atoms with Crippen LogP contribution in [0.3, 0.4) is 0 Å². The van der Waals surface area contributed by atoms with Crippen molar-refractivity contribution in [3.8, 4) is 5.75 Å². The number of carbonyl (C=O) groups is 1. The van der Waals surface area contributed by atoms with Crippen LogP contribution < -0.4 is 10.1 Å². The predicted octanol–water partition coefficient (Wildman–Crippen LogP) is 5.79. The van der Waals surface area contributed by atoms with Gasteiger partial charge in [-0.25, -0.2) is 0 Å². The van der Waals surface area contributed by atoms with E-state index >= 15 is 0 Å². The van der Waals surface area contributed by atoms with Crippen LogP contribution in [0.5, 0.6) is 5.75 Å². The number of carbonyl (C=O) groups excluding carboxylic acids is 1. The highest BCUT2D eigenvalue weighted by atomic mass is 32.2. The molecule has 1 heterocycles. The first kappa shape index (κ1) is 22.2. The maximum atomic E-state index is 13.2. The van der Waals surface area contributed by atoms with Crippen LogP contribution in [-0.2, 0) is 23.8 Å². The molecular weight excluding hydrogens is 452 g/mol. The van der Waals surface area contributed by atoms with E-state index in [1.54, 1.807) is 18.2 Å². The third kappa shape index (κ3) is 5.33. The van der Waals surface area contributed by atoms with Crippen molar-refractivity contribution in [2.45, 2.75) is 19.0 Å². The number of amides is 1. The Kier molecular flexibility index (Phi) is 6.14. The summed E-state index contributed by atoms with van der Waals surface area (Å²) in [5.74, 6) is -0.114. The van der Waals surface area contributed by atoms with Crippen molar-refractivity contribution < 1.29 is 35.9 Å². The largest absolute Gasteiger partial charge is 0.489 e. The summed E-state index contributed by atoms with van der Waals surface area (Å²) < 4.78 is 83.4. The van der Waals surface area contributed by atoms with Gasteiger partial charge in [0.25, 0.3) is 5.91 Å². The molecule has 0 spiro atoms. The molecule has 0 unspecified atom stereocenters. The molecule has 0 bridgehead atoms. The van der Waals surface area contributed by atoms with E-state index in [2.05, 4.69) is 5.32 Å². The molecule has 0 radical (unpaired) electrons. The molecule has 1 aliphatic rings. The zero-order chi connectivity index (χ0) is 22.1. The summed E-state index contributed by atoms with van der Waals surface area (Å²) >= 11 is 5.98. The maximum absolute atomic E-state index is 13.2. The number of thiocarbonyl (C=S) groups is 1. The third-order valence-electron chi connectivity index (χ3n) is 3.96. The van der Waals surface area contributed by atoms with Gasteiger partial charge in [-0.3, -0.25) is 4.79 Å². The lowest BCUT2D eigenvalue weighted by Crippen LogP contribution is -2.17. The standard InChI is InChI=1S/C19H11F6NO2S2/c20-18(21,22)12-4-3-11(14(8-12)19(23,24)25)9-28-13-5-1-10(2-6-13)7-15-16(27)26-17(29)30-15/h1-8H,9H2,(H,26,27,29). The summed E-state index contributed by atoms with van der Waals surface area (Å²) in [6.45, 7) is -0.569. The minimum absolute atomic E-state index is 0.0721. The highest BCUT2D eigenvalue weighted by Crippen LogP contribution is 2.37. The number of nitrogens with one attached hydrogen (secondary N) is 1. The topological polar surface area (TPSA) is 38.3 Å². The molecule has 11 heteroatoms. The average Bonchev–Trinajstić information content (AvgIpc) is 2.96. The van der Waals surface area contributed by atoms with E-state index in [4.69, 9.17) is 17.0 Å². The average molecular weight is 463 g/mol. The van der Waals surface area contributed by atoms with E-state index in [9.17, 15) is 31.1 Å². The molecule has 2 aromatic rings. The summed E-state index contributed by atoms with van der Waals surface area (Å²) in [5.41, 5.74) is -2.58. The first-order chi connectivity index (χ1) is 13.9. The Labute approximate surface area is 176 Å². The molecule has 3 rings (SSSR count). The van der Waals surface area contributed by atoms with Crippen molar-refractivity contribution in [1.29, 1.82) is 0 Å². The van der Waals surface area contributed by atoms with Crippen LogP contribution in [0.15, 0.2) is 47.4 Å². The van der Waals surface area contributed by atoms with Crippen LogP contribution in [0.2, 0.25) is 0 Å². The molecule has 1 fully saturated rings. The van der Waals surface area contributed by atoms with Crippen LogP contribution in [-0.4, -0.2) is 10.2 Å². The monoisotopic (exact) mass is 463 g/mol. The molecule has 2 aromatic carbocycles. The molecule has 1 amide bonds. The van der Waals surface area contributed by atoms with Gasteiger partial charge in [0, 0.05) is 5.56 Å². The van der Waals surface area contributed by atoms with Crippen LogP contribution >= 0.6 is 24.0 Å². The van der Waals surface area contributed by atoms with E-state index < -0.39 is 35.6 Å². The minimum atomic E-state index is -4.96. The lowest BCUT2D eigenvalue weighted by molar-refractivity contribution is -0.143. The Balaban J connectivity index is 1.75. The normalized spacial score (nSPS) is 16.1. The summed E-state index contributed by atoms with van der Waals surface area (Å²) in [5, 5.41) is 2.47. The lowest BCUT2D eigenvalue weighted by atomic mass is 10.0. The van der Waals surface area contributed by atoms with Crippen LogP contribution in [0.4, 0.5) is 26.3 Å². The fourth-order valence-corrected chi connectivity index (χ4v) is 3.58. The van der Waals surface area contributed by atoms with Crippen molar-refractivity contribution in [3.63, 3.8) is 0 Å². The molecular formula is C19H11F6NO2S2. The number of halogens is 6. The first-order valence-electron chi connectivity index (χ1n) is 8.18. The third-order valence-corrected chi connectivity index (χ3v) is 5.12. The van der Waals surface area contributed by atoms with Gasteiger partial charge in [0.1, 0.15) is 16.7 Å². The zero-order valence-electron chi connectivity index (χ0n) is 14.7. The van der Waals surface area contributed by atoms with Crippen molar-refractivity contribution in [1.82, 2.24) is 5.32 Å². The quantitative estimate of drug-likeness (QED) is 0.354. The summed E-state index contributed by atoms with van der Waals surface area (Å²) in [7, 11) is 0. The van der Waals surface area contributed by atoms with Gasteiger partial charge >= 0.3 is 12.4 Å². The number of ether oxygens (including phenoxy) is 1. The number of hydrogen-bond donors (Lipinski definition) is 1. The molecule has 1 N–H and O–H groups in total. The van der Waals surface area contributed by atoms with E-state index in [-0.39, 0.29) is 17.7 Å². The summed E-state index contributed by atoms with van der Waals surface area (Å²) in [4.78, 5) is 12.0. The Hall–Kier alpha value is -2.53. The van der Waals surface area contributed by atoms with Crippen molar-refractivity contribution in [3.05, 3.63) is 69.6 Å². The van der Waals surface area contributed by atoms with E-state index in [0.29, 0.717) is 20.9 Å². The Morgan fingerprint density at radius 3 is 2.20 bits per heavy atom. The number of hydrogen-bond acceptors (Lipinski definition) is 4. The molecule has 30 heavy (non-hydrogen) atoms. The Bertz CT molecular complexity index is 1010. The summed E-state index contributed by atoms with van der Waals surface area (Å²) in [6.07, 6.45) is -8.27. The fourth-order valence-electron chi connectivity index (χ4n) is 2.54. The molecule has 0 atom stereocenters. The second-order valence-electron chi connectivity index (χ2n) is 6.08. The minimum Gasteiger partial charge on any atom is -0.489 e. The highest BCUT2D eigenvalue weighted by molar-refractivity contribution is 8.26. The number of thioether (sulfide) groups is 1. The summed E-state index contributed by atoms with van der Waals surface area (Å²) in [6, 6.07) is 7.51. The number of alkyl halides is 6. The zero-order valence-corrected chi connectivity index (χ0v) is 16.4. The maximum Gasteiger partial charge on any atom is 0.416 e. The van der Waals surface area contributed by atoms with Crippen LogP contribution in [0.25, 0.3) is 6.08 Å². The molecule has 0 aromatic heterocycles. The van der Waals surface area contributed by atoms with E-state index in [1.165, 1.54) is 12.1 Å². The molecule has 0 saturated carbocycles. The Morgan fingerprint density at radius 1 is 1.00 bits per heavy atom. The van der Waals surface area contributed by atoms with Crippen molar-refractivity contribution >= 4 is 40.3 Å². The van der Waals surface area contributed by atoms with Gasteiger partial charge in [-0.2, -0.15) is 26.3 Å². The molecule has 3 nitrogen and oxygen atoms in total. The SMILES string of the molecule is O=C1NC(=S)SC1=Cc1ccc(OCc2ccc(C(F)(F)F)cc2C(F)(F)F)cc1. The fraction of sp³-hybridized carbons (Fsp3) is 0.158. The van der Waals surface area contributed by atoms with Gasteiger partial charge in [-0.1, -0.05) is 42.2 Å². The second kappa shape index (κ2) is 8.31. The number of benzene rings is 2. The highest BCUT2D eigenvalue weighted by Gasteiger charge is 2.38. The van der Waals surface area contributed by atoms with E-state index in [0.717, 1.165) is 17.8 Å². The van der Waals surface area contributed by atoms with Crippen LogP contribution in [0, 0.1) is 0 Å². The van der Waals surface area contributed by atoms with Gasteiger partial charge in [0.05, 0.1) is 16.0 Å². The second-order valence-corrected chi connectivity index (χ2v) is 7.80. The molecule has 0 aliphatic carbocycles. The smallest absolute Gasteiger partial charge is 0.416 e. The van der Waals surface area contributed by atoms with Crippen molar-refractivity contribution in [2.24, 2.45) is 0 Å². The molecule has 1 saturated heterocycles. The van der Waals surface area contributed by atoms with Crippen molar-refractivity contribution in [2.75, 3.05) is 0 Å². The van der Waals surface area contributed by atoms with Gasteiger partial charge in [0.2, 0.25) is 0 Å². The Morgan fingerprint density at radius 2 is 1.67 bits per heavy atom. The lowest BCUT2D eigenvalue weighted by Gasteiger charge is -2.16. The molecule has 1 aliphatic heterocycles. The number of rotatable bonds is 4. The first-order valence-corrected chi connectivity index (χ1v) is 9.41. The van der Waals surface area contributed by atoms with Gasteiger partial charge in [-0.05, 0) is 35.9 Å². The van der Waals surface area contributed by atoms with Crippen LogP contribution in [0.1, 0.15) is 22.3 Å². The predicted molar refractivity (Wildman–Crippen MR) is 104 cm³/mol. The molecule has 158 valence electrons. The van der Waals surface area contributed by atoms with Gasteiger partial charge < -0.3 is 10.1 Å². The van der Waals surface area contributed by atoms with E-state index in [1.807, 2.05) is 0 Å². The van der Waals surface area contributed by atoms with Gasteiger partial charge in [-0.15, -0.1) is 0 Å².